The summed E-state index contributed by atoms with van der Waals surface area (Å²) in [5.41, 5.74) is 1.64. The molecule has 0 spiro atoms. The lowest BCUT2D eigenvalue weighted by atomic mass is 9.73. The third-order valence-corrected chi connectivity index (χ3v) is 3.41. The Labute approximate surface area is 99.1 Å². The molecular weight excluding hydrogens is 200 g/mol. The van der Waals surface area contributed by atoms with Gasteiger partial charge in [0.05, 0.1) is 13.0 Å². The molecule has 92 valence electrons. The van der Waals surface area contributed by atoms with Crippen LogP contribution in [0.1, 0.15) is 53.4 Å². The molecule has 2 heteroatoms. The van der Waals surface area contributed by atoms with E-state index in [0.29, 0.717) is 18.4 Å². The molecule has 0 N–H and O–H groups in total. The molecule has 0 aromatic carbocycles. The number of hydrogen-bond donors (Lipinski definition) is 0. The lowest BCUT2D eigenvalue weighted by molar-refractivity contribution is -0.142. The Morgan fingerprint density at radius 3 is 2.62 bits per heavy atom. The van der Waals surface area contributed by atoms with Gasteiger partial charge in [0.1, 0.15) is 0 Å². The van der Waals surface area contributed by atoms with E-state index in [1.807, 2.05) is 6.92 Å². The molecule has 0 aromatic heterocycles. The van der Waals surface area contributed by atoms with Gasteiger partial charge in [-0.25, -0.2) is 0 Å². The Balaban J connectivity index is 2.44. The van der Waals surface area contributed by atoms with Crippen LogP contribution in [0.3, 0.4) is 0 Å². The Kier molecular flexibility index (Phi) is 4.57. The first-order chi connectivity index (χ1) is 7.43. The number of allylic oxidation sites excluding steroid dienone is 1. The van der Waals surface area contributed by atoms with E-state index in [0.717, 1.165) is 18.8 Å². The van der Waals surface area contributed by atoms with Crippen LogP contribution in [0.25, 0.3) is 0 Å². The molecule has 0 heterocycles. The van der Waals surface area contributed by atoms with Crippen molar-refractivity contribution < 1.29 is 9.53 Å². The molecular formula is C14H24O2. The van der Waals surface area contributed by atoms with Crippen molar-refractivity contribution in [2.45, 2.75) is 53.4 Å². The Morgan fingerprint density at radius 2 is 2.19 bits per heavy atom. The molecule has 0 bridgehead atoms. The number of carbonyl (C=O) groups is 1. The molecule has 1 aliphatic carbocycles. The first kappa shape index (κ1) is 13.3. The topological polar surface area (TPSA) is 26.3 Å². The molecule has 1 atom stereocenters. The van der Waals surface area contributed by atoms with Crippen LogP contribution in [0.2, 0.25) is 0 Å². The molecule has 1 rings (SSSR count). The van der Waals surface area contributed by atoms with Gasteiger partial charge in [0.25, 0.3) is 0 Å². The number of esters is 1. The molecule has 0 saturated carbocycles. The number of rotatable bonds is 3. The second-order valence-corrected chi connectivity index (χ2v) is 5.68. The lowest BCUT2D eigenvalue weighted by Gasteiger charge is -2.33. The van der Waals surface area contributed by atoms with Crippen molar-refractivity contribution in [3.63, 3.8) is 0 Å². The fourth-order valence-electron chi connectivity index (χ4n) is 2.23. The quantitative estimate of drug-likeness (QED) is 0.539. The van der Waals surface area contributed by atoms with Gasteiger partial charge in [-0.15, -0.1) is 0 Å². The van der Waals surface area contributed by atoms with Crippen molar-refractivity contribution in [2.75, 3.05) is 6.61 Å². The molecule has 0 radical (unpaired) electrons. The summed E-state index contributed by atoms with van der Waals surface area (Å²) >= 11 is 0. The predicted molar refractivity (Wildman–Crippen MR) is 66.1 cm³/mol. The van der Waals surface area contributed by atoms with Gasteiger partial charge in [0.2, 0.25) is 0 Å². The lowest BCUT2D eigenvalue weighted by Crippen LogP contribution is -2.22. The highest BCUT2D eigenvalue weighted by molar-refractivity contribution is 5.72. The second-order valence-electron chi connectivity index (χ2n) is 5.68. The van der Waals surface area contributed by atoms with E-state index in [1.54, 1.807) is 0 Å². The van der Waals surface area contributed by atoms with Crippen LogP contribution in [0.4, 0.5) is 0 Å². The zero-order valence-electron chi connectivity index (χ0n) is 11.0. The van der Waals surface area contributed by atoms with E-state index in [4.69, 9.17) is 4.74 Å². The molecule has 0 aromatic rings. The van der Waals surface area contributed by atoms with Crippen molar-refractivity contribution in [1.29, 1.82) is 0 Å². The zero-order chi connectivity index (χ0) is 12.2. The second kappa shape index (κ2) is 5.51. The van der Waals surface area contributed by atoms with Crippen molar-refractivity contribution in [3.8, 4) is 0 Å². The van der Waals surface area contributed by atoms with Gasteiger partial charge in [-0.2, -0.15) is 0 Å². The van der Waals surface area contributed by atoms with Gasteiger partial charge in [0, 0.05) is 0 Å². The van der Waals surface area contributed by atoms with Crippen molar-refractivity contribution in [3.05, 3.63) is 11.6 Å². The monoisotopic (exact) mass is 224 g/mol. The van der Waals surface area contributed by atoms with Crippen LogP contribution >= 0.6 is 0 Å². The average Bonchev–Trinajstić information content (AvgIpc) is 2.17. The van der Waals surface area contributed by atoms with Gasteiger partial charge in [-0.05, 0) is 37.5 Å². The Hall–Kier alpha value is -0.790. The fraction of sp³-hybridized carbons (Fsp3) is 0.786. The normalized spacial score (nSPS) is 21.5. The summed E-state index contributed by atoms with van der Waals surface area (Å²) in [4.78, 5) is 11.3. The van der Waals surface area contributed by atoms with E-state index >= 15 is 0 Å². The largest absolute Gasteiger partial charge is 0.466 e. The van der Waals surface area contributed by atoms with Crippen LogP contribution in [0.15, 0.2) is 11.6 Å². The summed E-state index contributed by atoms with van der Waals surface area (Å²) < 4.78 is 4.96. The summed E-state index contributed by atoms with van der Waals surface area (Å²) in [6, 6.07) is 0. The molecule has 16 heavy (non-hydrogen) atoms. The smallest absolute Gasteiger partial charge is 0.309 e. The Morgan fingerprint density at radius 1 is 1.50 bits per heavy atom. The summed E-state index contributed by atoms with van der Waals surface area (Å²) in [7, 11) is 0. The average molecular weight is 224 g/mol. The number of ether oxygens (including phenoxy) is 1. The van der Waals surface area contributed by atoms with Crippen LogP contribution in [-0.4, -0.2) is 12.6 Å². The predicted octanol–water partition coefficient (Wildman–Crippen LogP) is 3.71. The standard InChI is InChI=1S/C14H24O2/c1-5-16-13(15)10-11-6-8-12(9-7-11)14(2,3)4/h6,12H,5,7-10H2,1-4H3. The van der Waals surface area contributed by atoms with Gasteiger partial charge >= 0.3 is 5.97 Å². The van der Waals surface area contributed by atoms with Gasteiger partial charge in [0.15, 0.2) is 0 Å². The van der Waals surface area contributed by atoms with Crippen LogP contribution in [0.5, 0.6) is 0 Å². The molecule has 1 unspecified atom stereocenters. The maximum atomic E-state index is 11.3. The molecule has 0 saturated heterocycles. The first-order valence-corrected chi connectivity index (χ1v) is 6.27. The minimum absolute atomic E-state index is 0.0806. The summed E-state index contributed by atoms with van der Waals surface area (Å²) in [5, 5.41) is 0. The molecule has 0 aliphatic heterocycles. The summed E-state index contributed by atoms with van der Waals surface area (Å²) in [5.74, 6) is 0.668. The molecule has 1 aliphatic rings. The van der Waals surface area contributed by atoms with Crippen molar-refractivity contribution in [2.24, 2.45) is 11.3 Å². The SMILES string of the molecule is CCOC(=O)CC1=CCC(C(C)(C)C)CC1. The third-order valence-electron chi connectivity index (χ3n) is 3.41. The zero-order valence-corrected chi connectivity index (χ0v) is 11.0. The molecule has 0 amide bonds. The summed E-state index contributed by atoms with van der Waals surface area (Å²) in [6.07, 6.45) is 6.11. The van der Waals surface area contributed by atoms with Crippen LogP contribution < -0.4 is 0 Å². The maximum Gasteiger partial charge on any atom is 0.309 e. The van der Waals surface area contributed by atoms with Crippen LogP contribution in [-0.2, 0) is 9.53 Å². The highest BCUT2D eigenvalue weighted by atomic mass is 16.5. The van der Waals surface area contributed by atoms with Crippen molar-refractivity contribution >= 4 is 5.97 Å². The summed E-state index contributed by atoms with van der Waals surface area (Å²) in [6.45, 7) is 9.21. The highest BCUT2D eigenvalue weighted by Gasteiger charge is 2.26. The van der Waals surface area contributed by atoms with E-state index in [2.05, 4.69) is 26.8 Å². The first-order valence-electron chi connectivity index (χ1n) is 6.27. The molecule has 2 nitrogen and oxygen atoms in total. The van der Waals surface area contributed by atoms with E-state index in [-0.39, 0.29) is 5.97 Å². The van der Waals surface area contributed by atoms with Gasteiger partial charge in [-0.1, -0.05) is 32.4 Å². The van der Waals surface area contributed by atoms with E-state index < -0.39 is 0 Å². The van der Waals surface area contributed by atoms with E-state index in [1.165, 1.54) is 12.0 Å². The van der Waals surface area contributed by atoms with E-state index in [9.17, 15) is 4.79 Å². The highest BCUT2D eigenvalue weighted by Crippen LogP contribution is 2.37. The molecule has 0 fully saturated rings. The minimum atomic E-state index is -0.0806. The number of carbonyl (C=O) groups excluding carboxylic acids is 1. The maximum absolute atomic E-state index is 11.3. The minimum Gasteiger partial charge on any atom is -0.466 e. The third kappa shape index (κ3) is 3.99. The number of hydrogen-bond acceptors (Lipinski definition) is 2. The van der Waals surface area contributed by atoms with Crippen molar-refractivity contribution in [1.82, 2.24) is 0 Å². The Bertz CT molecular complexity index is 271. The fourth-order valence-corrected chi connectivity index (χ4v) is 2.23. The van der Waals surface area contributed by atoms with Crippen LogP contribution in [0, 0.1) is 11.3 Å². The van der Waals surface area contributed by atoms with Gasteiger partial charge < -0.3 is 4.74 Å². The van der Waals surface area contributed by atoms with Gasteiger partial charge in [-0.3, -0.25) is 4.79 Å².